The zero-order valence-corrected chi connectivity index (χ0v) is 9.84. The number of hydrogen-bond acceptors (Lipinski definition) is 2. The Morgan fingerprint density at radius 2 is 1.94 bits per heavy atom. The Morgan fingerprint density at radius 1 is 1.11 bits per heavy atom. The van der Waals surface area contributed by atoms with Crippen LogP contribution in [0.15, 0.2) is 48.5 Å². The molecule has 0 fully saturated rings. The monoisotopic (exact) mass is 239 g/mol. The normalized spacial score (nSPS) is 13.4. The van der Waals surface area contributed by atoms with Gasteiger partial charge in [-0.3, -0.25) is 0 Å². The lowest BCUT2D eigenvalue weighted by Gasteiger charge is -2.19. The Hall–Kier alpha value is -2.29. The topological polar surface area (TPSA) is 40.5 Å². The Kier molecular flexibility index (Phi) is 2.52. The lowest BCUT2D eigenvalue weighted by Crippen LogP contribution is -2.13. The zero-order valence-electron chi connectivity index (χ0n) is 9.84. The molecule has 0 bridgehead atoms. The van der Waals surface area contributed by atoms with Gasteiger partial charge in [0, 0.05) is 17.9 Å². The number of carboxylic acid groups (broad SMARTS) is 1. The van der Waals surface area contributed by atoms with Gasteiger partial charge < -0.3 is 10.0 Å². The molecule has 1 aliphatic rings. The van der Waals surface area contributed by atoms with E-state index in [1.165, 1.54) is 11.3 Å². The molecule has 2 aromatic carbocycles. The number of hydrogen-bond donors (Lipinski definition) is 1. The number of carboxylic acids is 1. The van der Waals surface area contributed by atoms with Crippen molar-refractivity contribution in [2.75, 3.05) is 11.4 Å². The summed E-state index contributed by atoms with van der Waals surface area (Å²) in [5.41, 5.74) is 3.77. The summed E-state index contributed by atoms with van der Waals surface area (Å²) in [6.45, 7) is 0.905. The molecule has 0 radical (unpaired) electrons. The molecule has 2 aromatic rings. The van der Waals surface area contributed by atoms with Crippen LogP contribution in [0.2, 0.25) is 0 Å². The minimum absolute atomic E-state index is 0.330. The fraction of sp³-hybridized carbons (Fsp3) is 0.133. The number of carbonyl (C=O) groups is 1. The fourth-order valence-electron chi connectivity index (χ4n) is 2.41. The van der Waals surface area contributed by atoms with Gasteiger partial charge in [-0.05, 0) is 36.2 Å². The van der Waals surface area contributed by atoms with Crippen molar-refractivity contribution in [2.45, 2.75) is 6.42 Å². The van der Waals surface area contributed by atoms with Crippen molar-refractivity contribution in [3.05, 3.63) is 59.7 Å². The van der Waals surface area contributed by atoms with E-state index in [1.54, 1.807) is 18.2 Å². The molecular weight excluding hydrogens is 226 g/mol. The quantitative estimate of drug-likeness (QED) is 0.875. The van der Waals surface area contributed by atoms with Crippen molar-refractivity contribution < 1.29 is 9.90 Å². The van der Waals surface area contributed by atoms with E-state index >= 15 is 0 Å². The highest BCUT2D eigenvalue weighted by Crippen LogP contribution is 2.34. The van der Waals surface area contributed by atoms with Crippen molar-refractivity contribution in [2.24, 2.45) is 0 Å². The standard InChI is InChI=1S/C15H13NO2/c17-15(18)12-5-3-6-13(10-12)16-9-8-11-4-1-2-7-14(11)16/h1-7,10H,8-9H2,(H,17,18). The number of aromatic carboxylic acids is 1. The molecular formula is C15H13NO2. The summed E-state index contributed by atoms with van der Waals surface area (Å²) in [5, 5.41) is 9.03. The molecule has 0 saturated heterocycles. The third kappa shape index (κ3) is 1.74. The Morgan fingerprint density at radius 3 is 2.78 bits per heavy atom. The first kappa shape index (κ1) is 10.8. The maximum Gasteiger partial charge on any atom is 0.335 e. The molecule has 3 nitrogen and oxygen atoms in total. The summed E-state index contributed by atoms with van der Waals surface area (Å²) in [4.78, 5) is 13.2. The van der Waals surface area contributed by atoms with Crippen molar-refractivity contribution in [1.82, 2.24) is 0 Å². The van der Waals surface area contributed by atoms with E-state index in [0.717, 1.165) is 18.7 Å². The molecule has 0 atom stereocenters. The second kappa shape index (κ2) is 4.18. The molecule has 3 rings (SSSR count). The van der Waals surface area contributed by atoms with Gasteiger partial charge in [0.05, 0.1) is 5.56 Å². The minimum atomic E-state index is -0.885. The third-order valence-corrected chi connectivity index (χ3v) is 3.29. The van der Waals surface area contributed by atoms with Crippen molar-refractivity contribution in [3.8, 4) is 0 Å². The van der Waals surface area contributed by atoms with Crippen LogP contribution in [-0.2, 0) is 6.42 Å². The third-order valence-electron chi connectivity index (χ3n) is 3.29. The van der Waals surface area contributed by atoms with Gasteiger partial charge in [-0.25, -0.2) is 4.79 Å². The van der Waals surface area contributed by atoms with Gasteiger partial charge in [0.25, 0.3) is 0 Å². The summed E-state index contributed by atoms with van der Waals surface area (Å²) in [6.07, 6.45) is 1.01. The van der Waals surface area contributed by atoms with Crippen LogP contribution >= 0.6 is 0 Å². The molecule has 3 heteroatoms. The summed E-state index contributed by atoms with van der Waals surface area (Å²) in [7, 11) is 0. The predicted octanol–water partition coefficient (Wildman–Crippen LogP) is 3.08. The highest BCUT2D eigenvalue weighted by atomic mass is 16.4. The van der Waals surface area contributed by atoms with Crippen LogP contribution in [0.4, 0.5) is 11.4 Å². The largest absolute Gasteiger partial charge is 0.478 e. The summed E-state index contributed by atoms with van der Waals surface area (Å²) in [5.74, 6) is -0.885. The lowest BCUT2D eigenvalue weighted by molar-refractivity contribution is 0.0697. The molecule has 0 amide bonds. The molecule has 1 N–H and O–H groups in total. The van der Waals surface area contributed by atoms with Crippen LogP contribution in [0, 0.1) is 0 Å². The van der Waals surface area contributed by atoms with E-state index in [2.05, 4.69) is 17.0 Å². The van der Waals surface area contributed by atoms with Crippen molar-refractivity contribution in [3.63, 3.8) is 0 Å². The van der Waals surface area contributed by atoms with Gasteiger partial charge in [0.15, 0.2) is 0 Å². The highest BCUT2D eigenvalue weighted by molar-refractivity contribution is 5.89. The van der Waals surface area contributed by atoms with Crippen molar-refractivity contribution >= 4 is 17.3 Å². The molecule has 0 spiro atoms. The van der Waals surface area contributed by atoms with Gasteiger partial charge in [-0.1, -0.05) is 24.3 Å². The average molecular weight is 239 g/mol. The Labute approximate surface area is 105 Å². The van der Waals surface area contributed by atoms with Crippen LogP contribution in [0.5, 0.6) is 0 Å². The number of anilines is 2. The zero-order chi connectivity index (χ0) is 12.5. The predicted molar refractivity (Wildman–Crippen MR) is 70.6 cm³/mol. The Balaban J connectivity index is 2.02. The second-order valence-corrected chi connectivity index (χ2v) is 4.39. The fourth-order valence-corrected chi connectivity index (χ4v) is 2.41. The van der Waals surface area contributed by atoms with Gasteiger partial charge in [-0.2, -0.15) is 0 Å². The number of nitrogens with zero attached hydrogens (tertiary/aromatic N) is 1. The maximum atomic E-state index is 11.0. The number of benzene rings is 2. The van der Waals surface area contributed by atoms with E-state index < -0.39 is 5.97 Å². The molecule has 0 aliphatic carbocycles. The number of fused-ring (bicyclic) bond motifs is 1. The summed E-state index contributed by atoms with van der Waals surface area (Å²) in [6, 6.07) is 15.3. The van der Waals surface area contributed by atoms with Crippen LogP contribution in [-0.4, -0.2) is 17.6 Å². The van der Waals surface area contributed by atoms with Crippen LogP contribution in [0.25, 0.3) is 0 Å². The van der Waals surface area contributed by atoms with E-state index in [9.17, 15) is 4.79 Å². The molecule has 1 heterocycles. The maximum absolute atomic E-state index is 11.0. The average Bonchev–Trinajstić information content (AvgIpc) is 2.82. The first-order valence-electron chi connectivity index (χ1n) is 5.94. The van der Waals surface area contributed by atoms with Gasteiger partial charge >= 0.3 is 5.97 Å². The Bertz CT molecular complexity index is 607. The second-order valence-electron chi connectivity index (χ2n) is 4.39. The summed E-state index contributed by atoms with van der Waals surface area (Å²) < 4.78 is 0. The smallest absolute Gasteiger partial charge is 0.335 e. The van der Waals surface area contributed by atoms with Crippen LogP contribution in [0.1, 0.15) is 15.9 Å². The number of para-hydroxylation sites is 1. The van der Waals surface area contributed by atoms with E-state index in [-0.39, 0.29) is 0 Å². The first-order valence-corrected chi connectivity index (χ1v) is 5.94. The van der Waals surface area contributed by atoms with Gasteiger partial charge in [0.2, 0.25) is 0 Å². The molecule has 0 unspecified atom stereocenters. The number of rotatable bonds is 2. The first-order chi connectivity index (χ1) is 8.75. The SMILES string of the molecule is O=C(O)c1cccc(N2CCc3ccccc32)c1. The molecule has 90 valence electrons. The molecule has 0 aromatic heterocycles. The van der Waals surface area contributed by atoms with Crippen LogP contribution in [0.3, 0.4) is 0 Å². The van der Waals surface area contributed by atoms with E-state index in [1.807, 2.05) is 18.2 Å². The van der Waals surface area contributed by atoms with Crippen molar-refractivity contribution in [1.29, 1.82) is 0 Å². The minimum Gasteiger partial charge on any atom is -0.478 e. The van der Waals surface area contributed by atoms with E-state index in [4.69, 9.17) is 5.11 Å². The summed E-state index contributed by atoms with van der Waals surface area (Å²) >= 11 is 0. The highest BCUT2D eigenvalue weighted by Gasteiger charge is 2.20. The van der Waals surface area contributed by atoms with E-state index in [0.29, 0.717) is 5.56 Å². The van der Waals surface area contributed by atoms with Gasteiger partial charge in [-0.15, -0.1) is 0 Å². The molecule has 18 heavy (non-hydrogen) atoms. The molecule has 0 saturated carbocycles. The van der Waals surface area contributed by atoms with Crippen LogP contribution < -0.4 is 4.90 Å². The van der Waals surface area contributed by atoms with Gasteiger partial charge in [0.1, 0.15) is 0 Å². The lowest BCUT2D eigenvalue weighted by atomic mass is 10.1. The molecule has 1 aliphatic heterocycles.